The fraction of sp³-hybridized carbons (Fsp3) is 0.0952. The first kappa shape index (κ1) is 18.0. The van der Waals surface area contributed by atoms with Crippen molar-refractivity contribution in [2.45, 2.75) is 6.54 Å². The summed E-state index contributed by atoms with van der Waals surface area (Å²) in [6.45, 7) is 0.342. The van der Waals surface area contributed by atoms with Crippen molar-refractivity contribution in [2.75, 3.05) is 11.9 Å². The van der Waals surface area contributed by atoms with Gasteiger partial charge in [-0.15, -0.1) is 0 Å². The summed E-state index contributed by atoms with van der Waals surface area (Å²) in [5.74, 6) is -0.406. The minimum atomic E-state index is -0.366. The number of anilines is 1. The summed E-state index contributed by atoms with van der Waals surface area (Å²) in [4.78, 5) is 26.2. The molecule has 2 amide bonds. The van der Waals surface area contributed by atoms with E-state index in [2.05, 4.69) is 5.32 Å². The number of hydrogen-bond acceptors (Lipinski definition) is 4. The molecule has 27 heavy (non-hydrogen) atoms. The minimum Gasteiger partial charge on any atom is -0.459 e. The van der Waals surface area contributed by atoms with Crippen LogP contribution in [0.3, 0.4) is 0 Å². The molecule has 3 rings (SSSR count). The molecule has 0 unspecified atom stereocenters. The molecular formula is C21H17N3O3. The second-order valence-corrected chi connectivity index (χ2v) is 5.81. The number of benzene rings is 2. The number of nitriles is 1. The van der Waals surface area contributed by atoms with Crippen LogP contribution in [0.25, 0.3) is 0 Å². The van der Waals surface area contributed by atoms with Crippen molar-refractivity contribution < 1.29 is 14.0 Å². The van der Waals surface area contributed by atoms with Gasteiger partial charge in [-0.3, -0.25) is 9.59 Å². The molecule has 6 heteroatoms. The maximum Gasteiger partial charge on any atom is 0.291 e. The molecule has 0 saturated heterocycles. The second-order valence-electron chi connectivity index (χ2n) is 5.81. The standard InChI is InChI=1S/C21H17N3O3/c22-12-13-24(15-16-5-2-1-3-6-16)21(26)17-8-10-18(11-9-17)23-20(25)19-7-4-14-27-19/h1-11,14H,13,15H2,(H,23,25). The average molecular weight is 359 g/mol. The zero-order chi connectivity index (χ0) is 19.1. The molecule has 0 saturated carbocycles. The molecule has 0 spiro atoms. The summed E-state index contributed by atoms with van der Waals surface area (Å²) >= 11 is 0. The molecule has 1 aromatic heterocycles. The van der Waals surface area contributed by atoms with E-state index in [4.69, 9.17) is 9.68 Å². The molecule has 1 N–H and O–H groups in total. The number of furan rings is 1. The molecule has 0 aliphatic carbocycles. The fourth-order valence-electron chi connectivity index (χ4n) is 2.57. The quantitative estimate of drug-likeness (QED) is 0.680. The van der Waals surface area contributed by atoms with E-state index in [-0.39, 0.29) is 24.1 Å². The van der Waals surface area contributed by atoms with Gasteiger partial charge in [0.25, 0.3) is 11.8 Å². The van der Waals surface area contributed by atoms with Crippen molar-refractivity contribution in [3.05, 3.63) is 89.9 Å². The Kier molecular flexibility index (Phi) is 5.65. The Labute approximate surface area is 156 Å². The number of amides is 2. The number of nitrogens with zero attached hydrogens (tertiary/aromatic N) is 2. The number of nitrogens with one attached hydrogen (secondary N) is 1. The van der Waals surface area contributed by atoms with Crippen molar-refractivity contribution in [1.29, 1.82) is 5.26 Å². The van der Waals surface area contributed by atoms with Crippen LogP contribution in [0.2, 0.25) is 0 Å². The highest BCUT2D eigenvalue weighted by molar-refractivity contribution is 6.02. The lowest BCUT2D eigenvalue weighted by atomic mass is 10.1. The molecule has 6 nitrogen and oxygen atoms in total. The van der Waals surface area contributed by atoms with Crippen LogP contribution in [-0.2, 0) is 6.54 Å². The first-order valence-electron chi connectivity index (χ1n) is 8.32. The minimum absolute atomic E-state index is 0.00922. The summed E-state index contributed by atoms with van der Waals surface area (Å²) in [5.41, 5.74) is 1.93. The first-order valence-corrected chi connectivity index (χ1v) is 8.32. The monoisotopic (exact) mass is 359 g/mol. The van der Waals surface area contributed by atoms with E-state index in [1.165, 1.54) is 11.2 Å². The SMILES string of the molecule is N#CCN(Cc1ccccc1)C(=O)c1ccc(NC(=O)c2ccco2)cc1. The van der Waals surface area contributed by atoms with Gasteiger partial charge in [0.2, 0.25) is 0 Å². The second kappa shape index (κ2) is 8.50. The van der Waals surface area contributed by atoms with Gasteiger partial charge in [-0.1, -0.05) is 30.3 Å². The van der Waals surface area contributed by atoms with E-state index >= 15 is 0 Å². The van der Waals surface area contributed by atoms with Gasteiger partial charge >= 0.3 is 0 Å². The Morgan fingerprint density at radius 1 is 1.00 bits per heavy atom. The van der Waals surface area contributed by atoms with Gasteiger partial charge in [0, 0.05) is 17.8 Å². The van der Waals surface area contributed by atoms with E-state index in [9.17, 15) is 9.59 Å². The topological polar surface area (TPSA) is 86.3 Å². The van der Waals surface area contributed by atoms with Gasteiger partial charge in [0.05, 0.1) is 12.3 Å². The van der Waals surface area contributed by atoms with Crippen LogP contribution in [0, 0.1) is 11.3 Å². The smallest absolute Gasteiger partial charge is 0.291 e. The Hall–Kier alpha value is -3.85. The van der Waals surface area contributed by atoms with Gasteiger partial charge < -0.3 is 14.6 Å². The zero-order valence-corrected chi connectivity index (χ0v) is 14.5. The number of carbonyl (C=O) groups is 2. The van der Waals surface area contributed by atoms with Crippen molar-refractivity contribution in [3.8, 4) is 6.07 Å². The van der Waals surface area contributed by atoms with Crippen molar-refractivity contribution >= 4 is 17.5 Å². The molecular weight excluding hydrogens is 342 g/mol. The van der Waals surface area contributed by atoms with Crippen LogP contribution >= 0.6 is 0 Å². The third-order valence-electron chi connectivity index (χ3n) is 3.90. The van der Waals surface area contributed by atoms with E-state index in [1.807, 2.05) is 36.4 Å². The van der Waals surface area contributed by atoms with Gasteiger partial charge in [-0.2, -0.15) is 5.26 Å². The molecule has 1 heterocycles. The Morgan fingerprint density at radius 3 is 2.37 bits per heavy atom. The van der Waals surface area contributed by atoms with E-state index < -0.39 is 0 Å². The summed E-state index contributed by atoms with van der Waals surface area (Å²) in [5, 5.41) is 11.7. The number of hydrogen-bond donors (Lipinski definition) is 1. The lowest BCUT2D eigenvalue weighted by molar-refractivity contribution is 0.0765. The van der Waals surface area contributed by atoms with Crippen molar-refractivity contribution in [2.24, 2.45) is 0 Å². The van der Waals surface area contributed by atoms with Crippen molar-refractivity contribution in [3.63, 3.8) is 0 Å². The maximum atomic E-state index is 12.7. The van der Waals surface area contributed by atoms with Crippen LogP contribution in [0.15, 0.2) is 77.4 Å². The number of rotatable bonds is 6. The summed E-state index contributed by atoms with van der Waals surface area (Å²) in [7, 11) is 0. The molecule has 0 atom stereocenters. The van der Waals surface area contributed by atoms with Crippen LogP contribution in [0.1, 0.15) is 26.5 Å². The lowest BCUT2D eigenvalue weighted by Crippen LogP contribution is -2.30. The van der Waals surface area contributed by atoms with E-state index in [0.29, 0.717) is 17.8 Å². The van der Waals surface area contributed by atoms with E-state index in [0.717, 1.165) is 5.56 Å². The summed E-state index contributed by atoms with van der Waals surface area (Å²) < 4.78 is 5.04. The molecule has 0 aliphatic heterocycles. The Balaban J connectivity index is 1.69. The molecule has 0 fully saturated rings. The highest BCUT2D eigenvalue weighted by Gasteiger charge is 2.16. The van der Waals surface area contributed by atoms with E-state index in [1.54, 1.807) is 36.4 Å². The third kappa shape index (κ3) is 4.61. The molecule has 0 aliphatic rings. The molecule has 0 bridgehead atoms. The molecule has 134 valence electrons. The highest BCUT2D eigenvalue weighted by atomic mass is 16.3. The summed E-state index contributed by atoms with van der Waals surface area (Å²) in [6.07, 6.45) is 1.42. The highest BCUT2D eigenvalue weighted by Crippen LogP contribution is 2.15. The predicted molar refractivity (Wildman–Crippen MR) is 99.9 cm³/mol. The zero-order valence-electron chi connectivity index (χ0n) is 14.5. The van der Waals surface area contributed by atoms with Gasteiger partial charge in [0.1, 0.15) is 6.54 Å². The maximum absolute atomic E-state index is 12.7. The number of carbonyl (C=O) groups excluding carboxylic acids is 2. The van der Waals surface area contributed by atoms with Crippen LogP contribution in [0.5, 0.6) is 0 Å². The normalized spacial score (nSPS) is 10.0. The summed E-state index contributed by atoms with van der Waals surface area (Å²) in [6, 6.07) is 21.2. The molecule has 3 aromatic rings. The predicted octanol–water partition coefficient (Wildman–Crippen LogP) is 3.70. The van der Waals surface area contributed by atoms with Crippen LogP contribution < -0.4 is 5.32 Å². The Morgan fingerprint density at radius 2 is 1.74 bits per heavy atom. The fourth-order valence-corrected chi connectivity index (χ4v) is 2.57. The first-order chi connectivity index (χ1) is 13.2. The molecule has 0 radical (unpaired) electrons. The largest absolute Gasteiger partial charge is 0.459 e. The van der Waals surface area contributed by atoms with Crippen molar-refractivity contribution in [1.82, 2.24) is 4.90 Å². The van der Waals surface area contributed by atoms with Gasteiger partial charge in [-0.05, 0) is 42.0 Å². The van der Waals surface area contributed by atoms with Crippen LogP contribution in [-0.4, -0.2) is 23.3 Å². The Bertz CT molecular complexity index is 943. The van der Waals surface area contributed by atoms with Crippen LogP contribution in [0.4, 0.5) is 5.69 Å². The lowest BCUT2D eigenvalue weighted by Gasteiger charge is -2.20. The third-order valence-corrected chi connectivity index (χ3v) is 3.90. The van der Waals surface area contributed by atoms with Gasteiger partial charge in [0.15, 0.2) is 5.76 Å². The molecule has 2 aromatic carbocycles. The average Bonchev–Trinajstić information content (AvgIpc) is 3.24. The van der Waals surface area contributed by atoms with Gasteiger partial charge in [-0.25, -0.2) is 0 Å².